The topological polar surface area (TPSA) is 51.6 Å². The van der Waals surface area contributed by atoms with E-state index in [-0.39, 0.29) is 10.6 Å². The predicted molar refractivity (Wildman–Crippen MR) is 175 cm³/mol. The first-order valence-corrected chi connectivity index (χ1v) is 14.2. The van der Waals surface area contributed by atoms with E-state index in [0.717, 1.165) is 44.3 Å². The molecule has 0 atom stereocenters. The zero-order chi connectivity index (χ0) is 28.5. The van der Waals surface area contributed by atoms with Crippen molar-refractivity contribution in [3.05, 3.63) is 144 Å². The van der Waals surface area contributed by atoms with E-state index in [9.17, 15) is 0 Å². The molecule has 0 spiro atoms. The maximum Gasteiger partial charge on any atom is 0.223 e. The lowest BCUT2D eigenvalue weighted by molar-refractivity contribution is 1.22. The van der Waals surface area contributed by atoms with E-state index in [1.54, 1.807) is 0 Å². The number of nitrogens with zero attached hydrogens (tertiary/aromatic N) is 4. The van der Waals surface area contributed by atoms with Gasteiger partial charge in [0.1, 0.15) is 0 Å². The van der Waals surface area contributed by atoms with Crippen molar-refractivity contribution in [1.82, 2.24) is 19.9 Å². The fourth-order valence-corrected chi connectivity index (χ4v) is 5.56. The highest BCUT2D eigenvalue weighted by molar-refractivity contribution is 6.29. The molecule has 8 rings (SSSR count). The van der Waals surface area contributed by atoms with Crippen molar-refractivity contribution in [3.8, 4) is 22.5 Å². The van der Waals surface area contributed by atoms with Gasteiger partial charge in [0, 0.05) is 21.9 Å². The zero-order valence-corrected chi connectivity index (χ0v) is 23.8. The van der Waals surface area contributed by atoms with E-state index >= 15 is 0 Å². The SMILES string of the molecule is Clc1nc(-c2ccc3ccccc3c2)c2ccccc2n1.Clc1nc(-c2ccc3ccccc3c2)c2ccccc2n1. The van der Waals surface area contributed by atoms with Gasteiger partial charge in [-0.25, -0.2) is 19.9 Å². The Morgan fingerprint density at radius 2 is 0.738 bits per heavy atom. The first-order valence-electron chi connectivity index (χ1n) is 13.5. The summed E-state index contributed by atoms with van der Waals surface area (Å²) in [7, 11) is 0. The van der Waals surface area contributed by atoms with Crippen LogP contribution in [0.3, 0.4) is 0 Å². The highest BCUT2D eigenvalue weighted by Gasteiger charge is 2.10. The van der Waals surface area contributed by atoms with E-state index < -0.39 is 0 Å². The first-order chi connectivity index (χ1) is 20.6. The molecule has 0 unspecified atom stereocenters. The number of hydrogen-bond acceptors (Lipinski definition) is 4. The second-order valence-corrected chi connectivity index (χ2v) is 10.5. The van der Waals surface area contributed by atoms with Gasteiger partial charge < -0.3 is 0 Å². The molecule has 0 aliphatic carbocycles. The normalized spacial score (nSPS) is 11.1. The highest BCUT2D eigenvalue weighted by atomic mass is 35.5. The van der Waals surface area contributed by atoms with Crippen LogP contribution in [0.25, 0.3) is 65.9 Å². The van der Waals surface area contributed by atoms with Crippen molar-refractivity contribution >= 4 is 66.6 Å². The van der Waals surface area contributed by atoms with Crippen molar-refractivity contribution in [1.29, 1.82) is 0 Å². The van der Waals surface area contributed by atoms with Crippen molar-refractivity contribution in [2.24, 2.45) is 0 Å². The Kier molecular flexibility index (Phi) is 6.92. The van der Waals surface area contributed by atoms with Gasteiger partial charge in [-0.3, -0.25) is 0 Å². The van der Waals surface area contributed by atoms with Crippen LogP contribution in [-0.2, 0) is 0 Å². The molecule has 4 nitrogen and oxygen atoms in total. The van der Waals surface area contributed by atoms with Crippen LogP contribution >= 0.6 is 23.2 Å². The summed E-state index contributed by atoms with van der Waals surface area (Å²) in [6.07, 6.45) is 0. The molecule has 0 radical (unpaired) electrons. The molecule has 6 aromatic carbocycles. The summed E-state index contributed by atoms with van der Waals surface area (Å²) in [5, 5.41) is 7.38. The van der Waals surface area contributed by atoms with Crippen LogP contribution in [0.4, 0.5) is 0 Å². The van der Waals surface area contributed by atoms with Gasteiger partial charge in [0.25, 0.3) is 0 Å². The Morgan fingerprint density at radius 3 is 1.19 bits per heavy atom. The van der Waals surface area contributed by atoms with Crippen LogP contribution in [0.1, 0.15) is 0 Å². The van der Waals surface area contributed by atoms with Gasteiger partial charge in [-0.2, -0.15) is 0 Å². The monoisotopic (exact) mass is 580 g/mol. The molecule has 200 valence electrons. The van der Waals surface area contributed by atoms with E-state index in [1.807, 2.05) is 72.8 Å². The highest BCUT2D eigenvalue weighted by Crippen LogP contribution is 2.31. The third kappa shape index (κ3) is 5.14. The molecule has 0 saturated heterocycles. The number of fused-ring (bicyclic) bond motifs is 4. The molecule has 42 heavy (non-hydrogen) atoms. The molecule has 0 aliphatic heterocycles. The summed E-state index contributed by atoms with van der Waals surface area (Å²) in [4.78, 5) is 17.4. The third-order valence-electron chi connectivity index (χ3n) is 7.20. The summed E-state index contributed by atoms with van der Waals surface area (Å²) in [6.45, 7) is 0. The van der Waals surface area contributed by atoms with Gasteiger partial charge in [0.15, 0.2) is 0 Å². The van der Waals surface area contributed by atoms with Gasteiger partial charge in [-0.1, -0.05) is 109 Å². The van der Waals surface area contributed by atoms with Gasteiger partial charge in [-0.05, 0) is 69.0 Å². The number of hydrogen-bond donors (Lipinski definition) is 0. The molecule has 6 heteroatoms. The number of benzene rings is 6. The number of aromatic nitrogens is 4. The largest absolute Gasteiger partial charge is 0.223 e. The van der Waals surface area contributed by atoms with Crippen molar-refractivity contribution in [2.75, 3.05) is 0 Å². The average molecular weight is 582 g/mol. The minimum atomic E-state index is 0.275. The number of halogens is 2. The average Bonchev–Trinajstić information content (AvgIpc) is 3.04. The molecule has 0 aliphatic rings. The van der Waals surface area contributed by atoms with Crippen LogP contribution in [0.2, 0.25) is 10.6 Å². The van der Waals surface area contributed by atoms with E-state index in [2.05, 4.69) is 80.6 Å². The predicted octanol–water partition coefficient (Wildman–Crippen LogP) is 10.2. The Labute approximate surface area is 252 Å². The van der Waals surface area contributed by atoms with Crippen LogP contribution in [0.15, 0.2) is 133 Å². The molecule has 0 N–H and O–H groups in total. The molecule has 8 aromatic rings. The lowest BCUT2D eigenvalue weighted by Crippen LogP contribution is -1.91. The maximum absolute atomic E-state index is 6.07. The molecule has 0 fully saturated rings. The van der Waals surface area contributed by atoms with Gasteiger partial charge in [0.2, 0.25) is 10.6 Å². The Morgan fingerprint density at radius 1 is 0.357 bits per heavy atom. The van der Waals surface area contributed by atoms with Gasteiger partial charge in [-0.15, -0.1) is 0 Å². The lowest BCUT2D eigenvalue weighted by atomic mass is 10.0. The second-order valence-electron chi connectivity index (χ2n) is 9.84. The second kappa shape index (κ2) is 11.2. The molecular weight excluding hydrogens is 559 g/mol. The molecule has 0 saturated carbocycles. The van der Waals surface area contributed by atoms with Gasteiger partial charge >= 0.3 is 0 Å². The van der Waals surface area contributed by atoms with E-state index in [0.29, 0.717) is 0 Å². The Hall–Kier alpha value is -4.90. The summed E-state index contributed by atoms with van der Waals surface area (Å²) in [5.41, 5.74) is 5.57. The smallest absolute Gasteiger partial charge is 0.218 e. The van der Waals surface area contributed by atoms with Gasteiger partial charge in [0.05, 0.1) is 22.4 Å². The summed E-state index contributed by atoms with van der Waals surface area (Å²) in [5.74, 6) is 0. The minimum absolute atomic E-state index is 0.275. The van der Waals surface area contributed by atoms with Crippen LogP contribution in [0, 0.1) is 0 Å². The molecular formula is C36H22Cl2N4. The van der Waals surface area contributed by atoms with Crippen molar-refractivity contribution in [2.45, 2.75) is 0 Å². The maximum atomic E-state index is 6.07. The number of rotatable bonds is 2. The number of para-hydroxylation sites is 2. The standard InChI is InChI=1S/2C18H11ClN2/c2*19-18-20-16-8-4-3-7-15(16)17(21-18)14-10-9-12-5-1-2-6-13(12)11-14/h2*1-11H. The lowest BCUT2D eigenvalue weighted by Gasteiger charge is -2.07. The fourth-order valence-electron chi connectivity index (χ4n) is 5.21. The van der Waals surface area contributed by atoms with Crippen LogP contribution < -0.4 is 0 Å². The minimum Gasteiger partial charge on any atom is -0.218 e. The molecule has 2 heterocycles. The van der Waals surface area contributed by atoms with Crippen molar-refractivity contribution in [3.63, 3.8) is 0 Å². The first kappa shape index (κ1) is 26.0. The summed E-state index contributed by atoms with van der Waals surface area (Å²) < 4.78 is 0. The van der Waals surface area contributed by atoms with Crippen LogP contribution in [-0.4, -0.2) is 19.9 Å². The Bertz CT molecular complexity index is 2090. The van der Waals surface area contributed by atoms with Crippen LogP contribution in [0.5, 0.6) is 0 Å². The summed E-state index contributed by atoms with van der Waals surface area (Å²) >= 11 is 12.1. The zero-order valence-electron chi connectivity index (χ0n) is 22.2. The third-order valence-corrected chi connectivity index (χ3v) is 7.54. The summed E-state index contributed by atoms with van der Waals surface area (Å²) in [6, 6.07) is 45.0. The Balaban J connectivity index is 0.000000137. The quantitative estimate of drug-likeness (QED) is 0.191. The molecule has 0 amide bonds. The molecule has 2 aromatic heterocycles. The van der Waals surface area contributed by atoms with E-state index in [1.165, 1.54) is 21.5 Å². The molecule has 0 bridgehead atoms. The van der Waals surface area contributed by atoms with E-state index in [4.69, 9.17) is 23.2 Å². The fraction of sp³-hybridized carbons (Fsp3) is 0. The van der Waals surface area contributed by atoms with Crippen molar-refractivity contribution < 1.29 is 0 Å².